The Bertz CT molecular complexity index is 1060. The molecule has 40 heavy (non-hydrogen) atoms. The molecule has 0 aromatic heterocycles. The van der Waals surface area contributed by atoms with Gasteiger partial charge in [0.25, 0.3) is 8.32 Å². The predicted molar refractivity (Wildman–Crippen MR) is 162 cm³/mol. The minimum absolute atomic E-state index is 0.0952. The van der Waals surface area contributed by atoms with Crippen LogP contribution in [0.25, 0.3) is 0 Å². The molecule has 4 rings (SSSR count). The van der Waals surface area contributed by atoms with Gasteiger partial charge >= 0.3 is 0 Å². The maximum Gasteiger partial charge on any atom is 0.261 e. The van der Waals surface area contributed by atoms with Crippen molar-refractivity contribution < 1.29 is 23.8 Å². The largest absolute Gasteiger partial charge is 0.402 e. The summed E-state index contributed by atoms with van der Waals surface area (Å²) < 4.78 is 19.7. The summed E-state index contributed by atoms with van der Waals surface area (Å²) in [6.07, 6.45) is 5.55. The molecular weight excluding hydrogens is 518 g/mol. The lowest BCUT2D eigenvalue weighted by atomic mass is 10.0. The minimum Gasteiger partial charge on any atom is -0.402 e. The first kappa shape index (κ1) is 30.7. The van der Waals surface area contributed by atoms with Crippen LogP contribution in [0.15, 0.2) is 72.8 Å². The number of carbonyl (C=O) groups excluding carboxylic acids is 1. The number of hydrogen-bond donors (Lipinski definition) is 1. The molecule has 1 unspecified atom stereocenters. The van der Waals surface area contributed by atoms with Crippen molar-refractivity contribution in [2.45, 2.75) is 102 Å². The van der Waals surface area contributed by atoms with Crippen molar-refractivity contribution in [3.8, 4) is 0 Å². The van der Waals surface area contributed by atoms with E-state index in [4.69, 9.17) is 13.9 Å². The molecule has 2 aromatic carbocycles. The van der Waals surface area contributed by atoms with Crippen molar-refractivity contribution in [1.82, 2.24) is 4.90 Å². The number of ether oxygens (including phenoxy) is 2. The number of hydrogen-bond acceptors (Lipinski definition) is 5. The molecule has 2 heterocycles. The summed E-state index contributed by atoms with van der Waals surface area (Å²) in [6, 6.07) is 21.1. The van der Waals surface area contributed by atoms with Crippen LogP contribution in [0.1, 0.15) is 66.7 Å². The van der Waals surface area contributed by atoms with Crippen LogP contribution in [0.2, 0.25) is 5.04 Å². The Morgan fingerprint density at radius 1 is 1.07 bits per heavy atom. The van der Waals surface area contributed by atoms with Crippen molar-refractivity contribution in [1.29, 1.82) is 0 Å². The Kier molecular flexibility index (Phi) is 10.4. The number of rotatable bonds is 10. The van der Waals surface area contributed by atoms with Crippen LogP contribution in [-0.4, -0.2) is 68.0 Å². The van der Waals surface area contributed by atoms with Gasteiger partial charge in [-0.25, -0.2) is 0 Å². The fourth-order valence-corrected chi connectivity index (χ4v) is 10.7. The molecule has 2 fully saturated rings. The molecule has 0 bridgehead atoms. The number of likely N-dealkylation sites (tertiary alicyclic amines) is 1. The smallest absolute Gasteiger partial charge is 0.261 e. The van der Waals surface area contributed by atoms with Crippen LogP contribution in [0.3, 0.4) is 0 Å². The number of carbonyl (C=O) groups is 1. The second-order valence-electron chi connectivity index (χ2n) is 12.3. The molecule has 7 heteroatoms. The topological polar surface area (TPSA) is 68.2 Å². The van der Waals surface area contributed by atoms with Crippen LogP contribution in [0.5, 0.6) is 0 Å². The van der Waals surface area contributed by atoms with Gasteiger partial charge in [0, 0.05) is 19.5 Å². The van der Waals surface area contributed by atoms with E-state index in [1.165, 1.54) is 10.4 Å². The maximum atomic E-state index is 12.2. The number of aliphatic hydroxyl groups excluding tert-OH is 1. The van der Waals surface area contributed by atoms with Gasteiger partial charge in [-0.2, -0.15) is 0 Å². The van der Waals surface area contributed by atoms with E-state index in [2.05, 4.69) is 69.3 Å². The van der Waals surface area contributed by atoms with Crippen LogP contribution in [0, 0.1) is 0 Å². The molecule has 0 aliphatic carbocycles. The number of allylic oxidation sites excluding steroid dienone is 1. The maximum absolute atomic E-state index is 12.2. The molecule has 2 aliphatic heterocycles. The normalized spacial score (nSPS) is 24.9. The standard InChI is InChI=1S/C33H47NO5Si/c1-25(16-12-13-21-31(36)34-22-14-15-23-34)37-32-29(35)24-30(26(2)38-32)39-40(33(3,4)5,27-17-8-6-9-18-27)28-19-10-7-11-20-28/h6-11,13,17-21,25-26,29-30,32,35H,12,14-16,22-24H2,1-5H3/b21-13+/t25?,26-,29+,30+,32+/m0/s1. The summed E-state index contributed by atoms with van der Waals surface area (Å²) in [7, 11) is -2.77. The van der Waals surface area contributed by atoms with Crippen molar-refractivity contribution in [3.05, 3.63) is 72.8 Å². The van der Waals surface area contributed by atoms with Crippen molar-refractivity contribution in [2.75, 3.05) is 13.1 Å². The van der Waals surface area contributed by atoms with E-state index < -0.39 is 20.7 Å². The molecule has 2 aliphatic rings. The van der Waals surface area contributed by atoms with Crippen molar-refractivity contribution in [2.24, 2.45) is 0 Å². The second kappa shape index (κ2) is 13.6. The lowest BCUT2D eigenvalue weighted by Crippen LogP contribution is -2.69. The van der Waals surface area contributed by atoms with Gasteiger partial charge in [-0.3, -0.25) is 4.79 Å². The highest BCUT2D eigenvalue weighted by molar-refractivity contribution is 6.99. The minimum atomic E-state index is -2.77. The van der Waals surface area contributed by atoms with E-state index in [0.29, 0.717) is 6.42 Å². The summed E-state index contributed by atoms with van der Waals surface area (Å²) in [6.45, 7) is 12.5. The van der Waals surface area contributed by atoms with Gasteiger partial charge in [0.1, 0.15) is 6.10 Å². The predicted octanol–water partition coefficient (Wildman–Crippen LogP) is 4.79. The fourth-order valence-electron chi connectivity index (χ4n) is 5.97. The zero-order valence-electron chi connectivity index (χ0n) is 24.8. The molecule has 2 aromatic rings. The third-order valence-corrected chi connectivity index (χ3v) is 13.3. The summed E-state index contributed by atoms with van der Waals surface area (Å²) in [5, 5.41) is 13.4. The molecule has 6 nitrogen and oxygen atoms in total. The Balaban J connectivity index is 1.41. The molecule has 0 saturated carbocycles. The number of amides is 1. The lowest BCUT2D eigenvalue weighted by Gasteiger charge is -2.48. The molecular formula is C33H47NO5Si. The molecule has 5 atom stereocenters. The average Bonchev–Trinajstić information content (AvgIpc) is 3.48. The van der Waals surface area contributed by atoms with Gasteiger partial charge in [-0.05, 0) is 61.0 Å². The van der Waals surface area contributed by atoms with E-state index in [1.54, 1.807) is 6.08 Å². The molecule has 0 radical (unpaired) electrons. The van der Waals surface area contributed by atoms with E-state index in [9.17, 15) is 9.90 Å². The quantitative estimate of drug-likeness (QED) is 0.331. The average molecular weight is 566 g/mol. The van der Waals surface area contributed by atoms with Gasteiger partial charge in [0.05, 0.1) is 18.3 Å². The molecule has 2 saturated heterocycles. The monoisotopic (exact) mass is 565 g/mol. The third-order valence-electron chi connectivity index (χ3n) is 8.19. The summed E-state index contributed by atoms with van der Waals surface area (Å²) in [5.74, 6) is 0.0952. The van der Waals surface area contributed by atoms with Gasteiger partial charge in [-0.15, -0.1) is 0 Å². The van der Waals surface area contributed by atoms with E-state index in [-0.39, 0.29) is 29.3 Å². The molecule has 1 N–H and O–H groups in total. The third kappa shape index (κ3) is 7.12. The highest BCUT2D eigenvalue weighted by atomic mass is 28.4. The van der Waals surface area contributed by atoms with Crippen molar-refractivity contribution in [3.63, 3.8) is 0 Å². The lowest BCUT2D eigenvalue weighted by molar-refractivity contribution is -0.271. The van der Waals surface area contributed by atoms with Crippen molar-refractivity contribution >= 4 is 24.6 Å². The van der Waals surface area contributed by atoms with Gasteiger partial charge in [0.2, 0.25) is 5.91 Å². The van der Waals surface area contributed by atoms with E-state index >= 15 is 0 Å². The first-order valence-electron chi connectivity index (χ1n) is 14.8. The van der Waals surface area contributed by atoms with Crippen LogP contribution in [-0.2, 0) is 18.7 Å². The van der Waals surface area contributed by atoms with Gasteiger partial charge in [0.15, 0.2) is 6.29 Å². The Labute approximate surface area is 241 Å². The van der Waals surface area contributed by atoms with E-state index in [0.717, 1.165) is 38.8 Å². The van der Waals surface area contributed by atoms with E-state index in [1.807, 2.05) is 37.0 Å². The first-order chi connectivity index (χ1) is 19.1. The number of benzene rings is 2. The summed E-state index contributed by atoms with van der Waals surface area (Å²) >= 11 is 0. The highest BCUT2D eigenvalue weighted by Crippen LogP contribution is 2.39. The molecule has 0 spiro atoms. The van der Waals surface area contributed by atoms with Crippen LogP contribution < -0.4 is 10.4 Å². The highest BCUT2D eigenvalue weighted by Gasteiger charge is 2.53. The summed E-state index contributed by atoms with van der Waals surface area (Å²) in [5.41, 5.74) is 0. The molecule has 1 amide bonds. The Hall–Kier alpha value is -2.29. The SMILES string of the molecule is CC(CC/C=C/C(=O)N1CCCC1)O[C@@H]1O[C@@H](C)[C@H](O[Si](c2ccccc2)(c2ccccc2)C(C)(C)C)C[C@H]1O. The fraction of sp³-hybridized carbons (Fsp3) is 0.545. The second-order valence-corrected chi connectivity index (χ2v) is 16.5. The zero-order valence-corrected chi connectivity index (χ0v) is 25.8. The first-order valence-corrected chi connectivity index (χ1v) is 16.8. The van der Waals surface area contributed by atoms with Crippen LogP contribution in [0.4, 0.5) is 0 Å². The Morgan fingerprint density at radius 3 is 2.20 bits per heavy atom. The molecule has 218 valence electrons. The van der Waals surface area contributed by atoms with Gasteiger partial charge in [-0.1, -0.05) is 87.5 Å². The number of aliphatic hydroxyl groups is 1. The van der Waals surface area contributed by atoms with Crippen LogP contribution >= 0.6 is 0 Å². The summed E-state index contributed by atoms with van der Waals surface area (Å²) in [4.78, 5) is 14.1. The Morgan fingerprint density at radius 2 is 1.65 bits per heavy atom. The van der Waals surface area contributed by atoms with Gasteiger partial charge < -0.3 is 23.9 Å². The number of nitrogens with zero attached hydrogens (tertiary/aromatic N) is 1. The zero-order chi connectivity index (χ0) is 28.8.